The minimum atomic E-state index is -0.855. The molecule has 3 unspecified atom stereocenters. The second-order valence-electron chi connectivity index (χ2n) is 12.2. The summed E-state index contributed by atoms with van der Waals surface area (Å²) in [7, 11) is 0. The molecule has 7 atom stereocenters. The van der Waals surface area contributed by atoms with Gasteiger partial charge >= 0.3 is 0 Å². The molecule has 7 rings (SSSR count). The molecule has 3 aliphatic rings. The molecule has 3 amide bonds. The Morgan fingerprint density at radius 3 is 2.27 bits per heavy atom. The molecule has 3 fully saturated rings. The summed E-state index contributed by atoms with van der Waals surface area (Å²) in [5.41, 5.74) is 2.29. The highest BCUT2D eigenvalue weighted by Crippen LogP contribution is 2.69. The van der Waals surface area contributed by atoms with Crippen LogP contribution in [0.2, 0.25) is 0 Å². The van der Waals surface area contributed by atoms with Gasteiger partial charge in [-0.25, -0.2) is 0 Å². The lowest BCUT2D eigenvalue weighted by Gasteiger charge is -2.40. The van der Waals surface area contributed by atoms with E-state index < -0.39 is 28.7 Å². The number of hydrogen-bond donors (Lipinski definition) is 3. The summed E-state index contributed by atoms with van der Waals surface area (Å²) in [5.74, 6) is -1.95. The van der Waals surface area contributed by atoms with E-state index in [1.807, 2.05) is 103 Å². The Labute approximate surface area is 261 Å². The molecule has 1 spiro atoms. The fraction of sp³-hybridized carbons (Fsp3) is 0.306. The highest BCUT2D eigenvalue weighted by molar-refractivity contribution is 8.02. The number of anilines is 2. The first-order valence-corrected chi connectivity index (χ1v) is 16.1. The van der Waals surface area contributed by atoms with Crippen LogP contribution in [0.25, 0.3) is 10.8 Å². The van der Waals surface area contributed by atoms with Gasteiger partial charge in [-0.15, -0.1) is 11.8 Å². The molecule has 3 saturated heterocycles. The number of hydrogen-bond acceptors (Lipinski definition) is 5. The van der Waals surface area contributed by atoms with Crippen molar-refractivity contribution >= 4 is 51.6 Å². The molecule has 3 heterocycles. The van der Waals surface area contributed by atoms with Gasteiger partial charge in [0.2, 0.25) is 17.7 Å². The van der Waals surface area contributed by atoms with Gasteiger partial charge in [0.25, 0.3) is 0 Å². The third kappa shape index (κ3) is 4.68. The number of likely N-dealkylation sites (tertiary alicyclic amines) is 1. The maximum Gasteiger partial charge on any atom is 0.248 e. The maximum atomic E-state index is 14.7. The third-order valence-corrected chi connectivity index (χ3v) is 11.8. The fourth-order valence-corrected chi connectivity index (χ4v) is 10.2. The van der Waals surface area contributed by atoms with Gasteiger partial charge in [-0.3, -0.25) is 14.4 Å². The lowest BCUT2D eigenvalue weighted by Crippen LogP contribution is -2.57. The van der Waals surface area contributed by atoms with Crippen LogP contribution in [0, 0.1) is 17.8 Å². The van der Waals surface area contributed by atoms with Crippen LogP contribution >= 0.6 is 11.8 Å². The van der Waals surface area contributed by atoms with Crippen molar-refractivity contribution in [3.63, 3.8) is 0 Å². The Hall–Kier alpha value is -4.14. The number of carbonyl (C=O) groups is 3. The number of para-hydroxylation sites is 1. The van der Waals surface area contributed by atoms with Crippen molar-refractivity contribution in [1.82, 2.24) is 4.90 Å². The van der Waals surface area contributed by atoms with Gasteiger partial charge in [0.1, 0.15) is 6.04 Å². The summed E-state index contributed by atoms with van der Waals surface area (Å²) >= 11 is 1.63. The largest absolute Gasteiger partial charge is 0.394 e. The minimum absolute atomic E-state index is 0.0145. The lowest BCUT2D eigenvalue weighted by atomic mass is 9.66. The quantitative estimate of drug-likeness (QED) is 0.251. The number of nitrogens with zero attached hydrogens (tertiary/aromatic N) is 1. The van der Waals surface area contributed by atoms with Gasteiger partial charge < -0.3 is 20.6 Å². The van der Waals surface area contributed by atoms with E-state index in [0.29, 0.717) is 17.8 Å². The zero-order valence-electron chi connectivity index (χ0n) is 24.4. The van der Waals surface area contributed by atoms with E-state index in [2.05, 4.69) is 17.6 Å². The molecular formula is C36H35N3O4S. The summed E-state index contributed by atoms with van der Waals surface area (Å²) in [6.45, 7) is 1.80. The summed E-state index contributed by atoms with van der Waals surface area (Å²) in [4.78, 5) is 44.7. The first-order valence-electron chi connectivity index (χ1n) is 15.2. The zero-order chi connectivity index (χ0) is 30.4. The number of benzene rings is 4. The first-order chi connectivity index (χ1) is 21.4. The first kappa shape index (κ1) is 28.6. The van der Waals surface area contributed by atoms with Crippen molar-refractivity contribution in [2.75, 3.05) is 17.2 Å². The molecule has 7 nitrogen and oxygen atoms in total. The minimum Gasteiger partial charge on any atom is -0.394 e. The number of carbonyl (C=O) groups excluding carboxylic acids is 3. The third-order valence-electron chi connectivity index (χ3n) is 9.71. The molecule has 8 heteroatoms. The highest BCUT2D eigenvalue weighted by Gasteiger charge is 2.76. The van der Waals surface area contributed by atoms with E-state index in [4.69, 9.17) is 0 Å². The van der Waals surface area contributed by atoms with Crippen molar-refractivity contribution < 1.29 is 19.5 Å². The second-order valence-corrected chi connectivity index (χ2v) is 13.8. The molecule has 224 valence electrons. The van der Waals surface area contributed by atoms with Crippen LogP contribution in [0.5, 0.6) is 0 Å². The zero-order valence-corrected chi connectivity index (χ0v) is 25.2. The summed E-state index contributed by atoms with van der Waals surface area (Å²) in [5, 5.41) is 18.9. The van der Waals surface area contributed by atoms with Crippen LogP contribution in [0.1, 0.15) is 18.9 Å². The topological polar surface area (TPSA) is 98.7 Å². The van der Waals surface area contributed by atoms with Crippen molar-refractivity contribution in [2.45, 2.75) is 41.8 Å². The van der Waals surface area contributed by atoms with Gasteiger partial charge in [0, 0.05) is 16.6 Å². The molecule has 3 aliphatic heterocycles. The van der Waals surface area contributed by atoms with Crippen molar-refractivity contribution in [2.24, 2.45) is 17.8 Å². The maximum absolute atomic E-state index is 14.7. The van der Waals surface area contributed by atoms with Crippen molar-refractivity contribution in [3.05, 3.63) is 109 Å². The molecule has 0 aliphatic carbocycles. The highest BCUT2D eigenvalue weighted by atomic mass is 32.2. The molecular weight excluding hydrogens is 570 g/mol. The molecule has 0 aromatic heterocycles. The number of nitrogens with one attached hydrogen (secondary N) is 2. The van der Waals surface area contributed by atoms with E-state index in [1.54, 1.807) is 16.7 Å². The van der Waals surface area contributed by atoms with Crippen LogP contribution in [0.15, 0.2) is 103 Å². The van der Waals surface area contributed by atoms with Crippen LogP contribution in [0.3, 0.4) is 0 Å². The molecule has 0 radical (unpaired) electrons. The van der Waals surface area contributed by atoms with Crippen LogP contribution < -0.4 is 10.6 Å². The Morgan fingerprint density at radius 1 is 0.886 bits per heavy atom. The monoisotopic (exact) mass is 605 g/mol. The Bertz CT molecular complexity index is 1720. The second kappa shape index (κ2) is 11.4. The number of rotatable bonds is 8. The normalized spacial score (nSPS) is 27.7. The molecule has 2 bridgehead atoms. The van der Waals surface area contributed by atoms with Crippen LogP contribution in [-0.4, -0.2) is 56.4 Å². The molecule has 4 aromatic rings. The SMILES string of the molecule is CC1C[C@H]2SC13C(C(=O)Nc1ccc4ccccc4c1)N([C@@H](CO)Cc1ccccc1)C(=O)[C@@H]3[C@H]2C(=O)Nc1ccccc1. The van der Waals surface area contributed by atoms with E-state index in [9.17, 15) is 19.5 Å². The molecule has 0 saturated carbocycles. The van der Waals surface area contributed by atoms with Crippen molar-refractivity contribution in [3.8, 4) is 0 Å². The van der Waals surface area contributed by atoms with Gasteiger partial charge in [0.05, 0.1) is 29.2 Å². The Kier molecular flexibility index (Phi) is 7.42. The number of amides is 3. The van der Waals surface area contributed by atoms with E-state index >= 15 is 0 Å². The predicted octanol–water partition coefficient (Wildman–Crippen LogP) is 5.36. The van der Waals surface area contributed by atoms with E-state index in [1.165, 1.54) is 0 Å². The van der Waals surface area contributed by atoms with Gasteiger partial charge in [-0.2, -0.15) is 0 Å². The smallest absolute Gasteiger partial charge is 0.248 e. The predicted molar refractivity (Wildman–Crippen MR) is 174 cm³/mol. The van der Waals surface area contributed by atoms with Gasteiger partial charge in [0.15, 0.2) is 0 Å². The molecule has 44 heavy (non-hydrogen) atoms. The number of thioether (sulfide) groups is 1. The average Bonchev–Trinajstić information content (AvgIpc) is 3.64. The lowest BCUT2D eigenvalue weighted by molar-refractivity contribution is -0.141. The standard InChI is InChI=1S/C36H35N3O4S/c1-22-18-29-30(33(41)37-26-14-6-3-7-15-26)31-35(43)39(28(21-40)19-23-10-4-2-5-11-23)32(36(22,31)44-29)34(42)38-27-17-16-24-12-8-9-13-25(24)20-27/h2-17,20,22,28-32,40H,18-19,21H2,1H3,(H,37,41)(H,38,42)/t22?,28-,29-,30+,31+,32?,36?/m1/s1. The fourth-order valence-electron chi connectivity index (χ4n) is 7.81. The van der Waals surface area contributed by atoms with Crippen LogP contribution in [0.4, 0.5) is 11.4 Å². The number of aliphatic hydroxyl groups is 1. The van der Waals surface area contributed by atoms with Crippen molar-refractivity contribution in [1.29, 1.82) is 0 Å². The Morgan fingerprint density at radius 2 is 1.55 bits per heavy atom. The van der Waals surface area contributed by atoms with Gasteiger partial charge in [-0.1, -0.05) is 85.8 Å². The van der Waals surface area contributed by atoms with E-state index in [-0.39, 0.29) is 35.5 Å². The molecule has 4 aromatic carbocycles. The summed E-state index contributed by atoms with van der Waals surface area (Å²) in [6.07, 6.45) is 1.13. The number of aliphatic hydroxyl groups excluding tert-OH is 1. The summed E-state index contributed by atoms with van der Waals surface area (Å²) < 4.78 is -0.800. The summed E-state index contributed by atoms with van der Waals surface area (Å²) in [6, 6.07) is 31.2. The van der Waals surface area contributed by atoms with E-state index in [0.717, 1.165) is 22.8 Å². The average molecular weight is 606 g/mol. The Balaban J connectivity index is 1.28. The van der Waals surface area contributed by atoms with Crippen LogP contribution in [-0.2, 0) is 20.8 Å². The van der Waals surface area contributed by atoms with Gasteiger partial charge in [-0.05, 0) is 59.4 Å². The number of fused-ring (bicyclic) bond motifs is 2. The molecule has 3 N–H and O–H groups in total.